The quantitative estimate of drug-likeness (QED) is 0.0211. The second-order valence-corrected chi connectivity index (χ2v) is 20.9. The molecule has 0 aliphatic carbocycles. The van der Waals surface area contributed by atoms with Gasteiger partial charge in [-0.3, -0.25) is 9.59 Å². The van der Waals surface area contributed by atoms with Crippen molar-refractivity contribution in [3.8, 4) is 0 Å². The third-order valence-electron chi connectivity index (χ3n) is 12.5. The van der Waals surface area contributed by atoms with Crippen molar-refractivity contribution in [1.82, 2.24) is 0 Å². The fourth-order valence-electron chi connectivity index (χ4n) is 7.91. The molecule has 0 aromatic heterocycles. The number of carbonyl (C=O) groups is 3. The Hall–Kier alpha value is -4.05. The monoisotopic (exact) mass is 1050 g/mol. The zero-order chi connectivity index (χ0) is 54.8. The Labute approximate surface area is 460 Å². The highest BCUT2D eigenvalue weighted by molar-refractivity contribution is 5.71. The fraction of sp³-hybridized carbons (Fsp3) is 0.682. The minimum absolute atomic E-state index is 0.177. The second kappa shape index (κ2) is 56.2. The number of rotatable bonds is 54. The van der Waals surface area contributed by atoms with Crippen LogP contribution in [0.4, 0.5) is 0 Å². The number of carboxylic acids is 1. The predicted octanol–water partition coefficient (Wildman–Crippen LogP) is 17.9. The summed E-state index contributed by atoms with van der Waals surface area (Å²) >= 11 is 0. The maximum atomic E-state index is 12.9. The summed E-state index contributed by atoms with van der Waals surface area (Å²) in [5.74, 6) is -2.04. The van der Waals surface area contributed by atoms with Gasteiger partial charge in [0.25, 0.3) is 6.29 Å². The fourth-order valence-corrected chi connectivity index (χ4v) is 7.91. The first-order valence-electron chi connectivity index (χ1n) is 30.1. The van der Waals surface area contributed by atoms with Gasteiger partial charge >= 0.3 is 17.9 Å². The van der Waals surface area contributed by atoms with Crippen LogP contribution in [0.15, 0.2) is 109 Å². The molecule has 428 valence electrons. The average Bonchev–Trinajstić information content (AvgIpc) is 3.38. The maximum Gasteiger partial charge on any atom is 0.361 e. The Bertz CT molecular complexity index is 1590. The summed E-state index contributed by atoms with van der Waals surface area (Å²) in [5.41, 5.74) is 0. The highest BCUT2D eigenvalue weighted by atomic mass is 16.7. The summed E-state index contributed by atoms with van der Waals surface area (Å²) in [6.45, 7) is 4.72. The standard InChI is InChI=1S/C66H111NO8/c1-6-8-10-12-14-16-18-20-22-24-26-28-30-31-32-33-35-37-39-41-43-45-47-49-51-53-55-57-64(69)75-62(61-74-66(65(70)71)72-59-58-67(3,4)5)60-73-63(68)56-54-52-50-48-46-44-42-40-38-36-34-29-27-25-23-21-19-17-15-13-11-9-7-2/h8,10,14,16,19-22,25-28,31-32,35,37,41,43,62,66H,6-7,9,11-13,15,17-18,23-24,29-30,33-34,36,38-40,42,44-61H2,1-5H3/p+1/b10-8-,16-14-,21-19-,22-20-,27-25-,28-26-,32-31-,37-35-,43-41-. The van der Waals surface area contributed by atoms with E-state index < -0.39 is 24.3 Å². The second-order valence-electron chi connectivity index (χ2n) is 20.9. The van der Waals surface area contributed by atoms with Crippen molar-refractivity contribution in [2.24, 2.45) is 0 Å². The van der Waals surface area contributed by atoms with Crippen molar-refractivity contribution < 1.29 is 42.9 Å². The van der Waals surface area contributed by atoms with Crippen LogP contribution in [0.3, 0.4) is 0 Å². The smallest absolute Gasteiger partial charge is 0.361 e. The first-order valence-corrected chi connectivity index (χ1v) is 30.1. The lowest BCUT2D eigenvalue weighted by atomic mass is 10.0. The number of unbranched alkanes of at least 4 members (excludes halogenated alkanes) is 21. The Balaban J connectivity index is 4.32. The molecule has 0 saturated carbocycles. The van der Waals surface area contributed by atoms with E-state index in [1.807, 2.05) is 21.1 Å². The number of likely N-dealkylation sites (N-methyl/N-ethyl adjacent to an activating group) is 1. The summed E-state index contributed by atoms with van der Waals surface area (Å²) in [7, 11) is 5.95. The molecule has 0 fully saturated rings. The SMILES string of the molecule is CC/C=C\C/C=C\C/C=C\C/C=C\C/C=C\C/C=C\C/C=C\CCCCCCCC(=O)OC(COC(=O)CCCCCCCCCCCCC/C=C\C/C=C\CCCCCCC)COC(OCC[N+](C)(C)C)C(=O)O. The van der Waals surface area contributed by atoms with Gasteiger partial charge in [-0.25, -0.2) is 4.79 Å². The van der Waals surface area contributed by atoms with Gasteiger partial charge in [0.05, 0.1) is 34.4 Å². The van der Waals surface area contributed by atoms with E-state index in [0.29, 0.717) is 17.4 Å². The number of carboxylic acid groups (broad SMARTS) is 1. The van der Waals surface area contributed by atoms with Gasteiger partial charge in [0.1, 0.15) is 13.2 Å². The van der Waals surface area contributed by atoms with Crippen LogP contribution in [0.2, 0.25) is 0 Å². The molecular formula is C66H112NO8+. The van der Waals surface area contributed by atoms with Crippen LogP contribution >= 0.6 is 0 Å². The molecule has 0 radical (unpaired) electrons. The van der Waals surface area contributed by atoms with Gasteiger partial charge < -0.3 is 28.5 Å². The van der Waals surface area contributed by atoms with Crippen molar-refractivity contribution in [3.63, 3.8) is 0 Å². The van der Waals surface area contributed by atoms with Crippen molar-refractivity contribution in [3.05, 3.63) is 109 Å². The largest absolute Gasteiger partial charge is 0.477 e. The van der Waals surface area contributed by atoms with Crippen molar-refractivity contribution in [1.29, 1.82) is 0 Å². The third-order valence-corrected chi connectivity index (χ3v) is 12.5. The van der Waals surface area contributed by atoms with E-state index in [-0.39, 0.29) is 38.6 Å². The van der Waals surface area contributed by atoms with Gasteiger partial charge in [-0.1, -0.05) is 226 Å². The Morgan fingerprint density at radius 1 is 0.413 bits per heavy atom. The lowest BCUT2D eigenvalue weighted by Crippen LogP contribution is -2.40. The number of hydrogen-bond donors (Lipinski definition) is 1. The zero-order valence-corrected chi connectivity index (χ0v) is 48.7. The van der Waals surface area contributed by atoms with Crippen LogP contribution in [-0.4, -0.2) is 87.4 Å². The minimum atomic E-state index is -1.52. The van der Waals surface area contributed by atoms with E-state index in [1.165, 1.54) is 96.3 Å². The van der Waals surface area contributed by atoms with Crippen LogP contribution in [0.5, 0.6) is 0 Å². The van der Waals surface area contributed by atoms with E-state index >= 15 is 0 Å². The van der Waals surface area contributed by atoms with E-state index in [1.54, 1.807) is 0 Å². The van der Waals surface area contributed by atoms with E-state index in [4.69, 9.17) is 18.9 Å². The number of esters is 2. The average molecular weight is 1050 g/mol. The number of nitrogens with zero attached hydrogens (tertiary/aromatic N) is 1. The van der Waals surface area contributed by atoms with Gasteiger partial charge in [0, 0.05) is 12.8 Å². The first-order chi connectivity index (χ1) is 36.6. The van der Waals surface area contributed by atoms with Crippen molar-refractivity contribution in [2.45, 2.75) is 245 Å². The first kappa shape index (κ1) is 71.0. The number of carbonyl (C=O) groups excluding carboxylic acids is 2. The molecule has 0 bridgehead atoms. The summed E-state index contributed by atoms with van der Waals surface area (Å²) in [4.78, 5) is 37.5. The van der Waals surface area contributed by atoms with Gasteiger partial charge in [0.15, 0.2) is 6.10 Å². The topological polar surface area (TPSA) is 108 Å². The molecule has 9 nitrogen and oxygen atoms in total. The van der Waals surface area contributed by atoms with Crippen molar-refractivity contribution in [2.75, 3.05) is 47.5 Å². The number of hydrogen-bond acceptors (Lipinski definition) is 7. The summed E-state index contributed by atoms with van der Waals surface area (Å²) < 4.78 is 22.9. The highest BCUT2D eigenvalue weighted by Gasteiger charge is 2.25. The molecule has 0 aliphatic rings. The van der Waals surface area contributed by atoms with Gasteiger partial charge in [-0.05, 0) is 103 Å². The van der Waals surface area contributed by atoms with Crippen LogP contribution < -0.4 is 0 Å². The summed E-state index contributed by atoms with van der Waals surface area (Å²) in [6.07, 6.45) is 74.5. The predicted molar refractivity (Wildman–Crippen MR) is 318 cm³/mol. The number of quaternary nitrogens is 1. The molecule has 1 N–H and O–H groups in total. The molecule has 2 unspecified atom stereocenters. The number of ether oxygens (including phenoxy) is 4. The van der Waals surface area contributed by atoms with Crippen LogP contribution in [-0.2, 0) is 33.3 Å². The van der Waals surface area contributed by atoms with Crippen LogP contribution in [0, 0.1) is 0 Å². The molecule has 0 amide bonds. The summed E-state index contributed by atoms with van der Waals surface area (Å²) in [6, 6.07) is 0. The molecule has 0 heterocycles. The summed E-state index contributed by atoms with van der Waals surface area (Å²) in [5, 5.41) is 9.71. The third kappa shape index (κ3) is 57.5. The molecule has 2 atom stereocenters. The van der Waals surface area contributed by atoms with E-state index in [2.05, 4.69) is 123 Å². The Morgan fingerprint density at radius 2 is 0.760 bits per heavy atom. The molecule has 0 saturated heterocycles. The molecule has 0 aromatic carbocycles. The molecule has 0 aliphatic heterocycles. The van der Waals surface area contributed by atoms with Gasteiger partial charge in [-0.2, -0.15) is 0 Å². The molecule has 0 aromatic rings. The normalized spacial score (nSPS) is 13.6. The number of allylic oxidation sites excluding steroid dienone is 18. The minimum Gasteiger partial charge on any atom is -0.477 e. The van der Waals surface area contributed by atoms with E-state index in [0.717, 1.165) is 103 Å². The number of aliphatic carboxylic acids is 1. The van der Waals surface area contributed by atoms with Gasteiger partial charge in [-0.15, -0.1) is 0 Å². The van der Waals surface area contributed by atoms with Crippen LogP contribution in [0.25, 0.3) is 0 Å². The molecule has 9 heteroatoms. The van der Waals surface area contributed by atoms with Crippen LogP contribution in [0.1, 0.15) is 232 Å². The maximum absolute atomic E-state index is 12.9. The lowest BCUT2D eigenvalue weighted by molar-refractivity contribution is -0.870. The molecule has 0 spiro atoms. The van der Waals surface area contributed by atoms with Gasteiger partial charge in [0.2, 0.25) is 0 Å². The van der Waals surface area contributed by atoms with E-state index in [9.17, 15) is 19.5 Å². The Kier molecular flexibility index (Phi) is 53.1. The lowest BCUT2D eigenvalue weighted by Gasteiger charge is -2.25. The molecule has 0 rings (SSSR count). The Morgan fingerprint density at radius 3 is 1.13 bits per heavy atom. The highest BCUT2D eigenvalue weighted by Crippen LogP contribution is 2.15. The molecule has 75 heavy (non-hydrogen) atoms. The molecular weight excluding hydrogens is 935 g/mol. The van der Waals surface area contributed by atoms with Crippen molar-refractivity contribution >= 4 is 17.9 Å². The zero-order valence-electron chi connectivity index (χ0n) is 48.7.